The molecule has 2 heterocycles. The number of rotatable bonds is 6. The highest BCUT2D eigenvalue weighted by molar-refractivity contribution is 5.94. The number of aryl methyl sites for hydroxylation is 1. The number of hydrogen-bond acceptors (Lipinski definition) is 5. The van der Waals surface area contributed by atoms with Crippen LogP contribution in [0.5, 0.6) is 0 Å². The Balaban J connectivity index is 1.48. The van der Waals surface area contributed by atoms with E-state index in [2.05, 4.69) is 20.2 Å². The van der Waals surface area contributed by atoms with E-state index in [4.69, 9.17) is 0 Å². The summed E-state index contributed by atoms with van der Waals surface area (Å²) in [5, 5.41) is 13.0. The van der Waals surface area contributed by atoms with E-state index in [9.17, 15) is 9.90 Å². The Bertz CT molecular complexity index is 733. The number of nitrogens with one attached hydrogen (secondary N) is 1. The first-order chi connectivity index (χ1) is 12.9. The standard InChI is InChI=1S/C21H28N4O2/c1-21(2,27)10-7-16-3-5-17(6-4-16)20(26)24-18-8-13-25(14-9-18)19-15-22-11-12-23-19/h3-6,11-12,15,18,27H,7-10,13-14H2,1-2H3,(H,24,26). The van der Waals surface area contributed by atoms with Gasteiger partial charge < -0.3 is 15.3 Å². The second-order valence-corrected chi connectivity index (χ2v) is 7.81. The minimum atomic E-state index is -0.670. The molecule has 0 radical (unpaired) electrons. The molecule has 1 fully saturated rings. The van der Waals surface area contributed by atoms with Crippen LogP contribution in [0.15, 0.2) is 42.9 Å². The predicted octanol–water partition coefficient (Wildman–Crippen LogP) is 2.58. The minimum absolute atomic E-state index is 0.0259. The number of hydrogen-bond donors (Lipinski definition) is 2. The van der Waals surface area contributed by atoms with Crippen molar-refractivity contribution >= 4 is 11.7 Å². The molecule has 0 saturated carbocycles. The molecular weight excluding hydrogens is 340 g/mol. The third-order valence-corrected chi connectivity index (χ3v) is 4.95. The molecule has 0 bridgehead atoms. The average molecular weight is 368 g/mol. The van der Waals surface area contributed by atoms with E-state index >= 15 is 0 Å². The summed E-state index contributed by atoms with van der Waals surface area (Å²) in [5.41, 5.74) is 1.14. The molecule has 1 aliphatic rings. The number of carbonyl (C=O) groups is 1. The number of benzene rings is 1. The Morgan fingerprint density at radius 3 is 2.52 bits per heavy atom. The number of carbonyl (C=O) groups excluding carboxylic acids is 1. The molecule has 3 rings (SSSR count). The van der Waals surface area contributed by atoms with Gasteiger partial charge >= 0.3 is 0 Å². The second-order valence-electron chi connectivity index (χ2n) is 7.81. The number of anilines is 1. The number of nitrogens with zero attached hydrogens (tertiary/aromatic N) is 3. The third kappa shape index (κ3) is 5.76. The van der Waals surface area contributed by atoms with E-state index in [-0.39, 0.29) is 11.9 Å². The van der Waals surface area contributed by atoms with Crippen LogP contribution in [0.2, 0.25) is 0 Å². The van der Waals surface area contributed by atoms with Gasteiger partial charge in [-0.3, -0.25) is 9.78 Å². The highest BCUT2D eigenvalue weighted by atomic mass is 16.3. The van der Waals surface area contributed by atoms with Gasteiger partial charge in [0.05, 0.1) is 11.8 Å². The third-order valence-electron chi connectivity index (χ3n) is 4.95. The van der Waals surface area contributed by atoms with Gasteiger partial charge in [-0.15, -0.1) is 0 Å². The maximum Gasteiger partial charge on any atom is 0.251 e. The molecule has 0 unspecified atom stereocenters. The van der Waals surface area contributed by atoms with Gasteiger partial charge in [0.25, 0.3) is 5.91 Å². The lowest BCUT2D eigenvalue weighted by Gasteiger charge is -2.32. The van der Waals surface area contributed by atoms with Crippen LogP contribution in [0.4, 0.5) is 5.82 Å². The van der Waals surface area contributed by atoms with E-state index in [0.29, 0.717) is 12.0 Å². The normalized spacial score (nSPS) is 15.6. The van der Waals surface area contributed by atoms with Crippen LogP contribution < -0.4 is 10.2 Å². The maximum atomic E-state index is 12.5. The first-order valence-electron chi connectivity index (χ1n) is 9.54. The van der Waals surface area contributed by atoms with E-state index < -0.39 is 5.60 Å². The molecular formula is C21H28N4O2. The van der Waals surface area contributed by atoms with Crippen molar-refractivity contribution in [3.05, 3.63) is 54.0 Å². The van der Waals surface area contributed by atoms with Gasteiger partial charge in [0.2, 0.25) is 0 Å². The highest BCUT2D eigenvalue weighted by Crippen LogP contribution is 2.17. The minimum Gasteiger partial charge on any atom is -0.390 e. The molecule has 1 aromatic heterocycles. The number of amides is 1. The van der Waals surface area contributed by atoms with Crippen molar-refractivity contribution in [3.63, 3.8) is 0 Å². The topological polar surface area (TPSA) is 78.4 Å². The summed E-state index contributed by atoms with van der Waals surface area (Å²) in [7, 11) is 0. The fourth-order valence-electron chi connectivity index (χ4n) is 3.25. The lowest BCUT2D eigenvalue weighted by molar-refractivity contribution is 0.0713. The zero-order chi connectivity index (χ0) is 19.3. The second kappa shape index (κ2) is 8.48. The van der Waals surface area contributed by atoms with Crippen molar-refractivity contribution in [1.82, 2.24) is 15.3 Å². The van der Waals surface area contributed by atoms with Crippen LogP contribution in [0.25, 0.3) is 0 Å². The van der Waals surface area contributed by atoms with Crippen molar-refractivity contribution < 1.29 is 9.90 Å². The van der Waals surface area contributed by atoms with Gasteiger partial charge in [-0.05, 0) is 57.2 Å². The Morgan fingerprint density at radius 1 is 1.22 bits per heavy atom. The summed E-state index contributed by atoms with van der Waals surface area (Å²) in [6, 6.07) is 7.85. The Hall–Kier alpha value is -2.47. The number of piperidine rings is 1. The van der Waals surface area contributed by atoms with Crippen LogP contribution in [-0.4, -0.2) is 45.7 Å². The van der Waals surface area contributed by atoms with Gasteiger partial charge in [-0.2, -0.15) is 0 Å². The molecule has 0 spiro atoms. The zero-order valence-corrected chi connectivity index (χ0v) is 16.1. The van der Waals surface area contributed by atoms with Crippen molar-refractivity contribution in [1.29, 1.82) is 0 Å². The fourth-order valence-corrected chi connectivity index (χ4v) is 3.25. The van der Waals surface area contributed by atoms with Crippen molar-refractivity contribution in [2.24, 2.45) is 0 Å². The van der Waals surface area contributed by atoms with Crippen LogP contribution in [0.1, 0.15) is 49.0 Å². The van der Waals surface area contributed by atoms with Crippen molar-refractivity contribution in [3.8, 4) is 0 Å². The molecule has 2 aromatic rings. The maximum absolute atomic E-state index is 12.5. The lowest BCUT2D eigenvalue weighted by atomic mass is 9.98. The van der Waals surface area contributed by atoms with Crippen molar-refractivity contribution in [2.75, 3.05) is 18.0 Å². The van der Waals surface area contributed by atoms with Crippen LogP contribution in [-0.2, 0) is 6.42 Å². The Kier molecular flexibility index (Phi) is 6.06. The molecule has 1 aliphatic heterocycles. The lowest BCUT2D eigenvalue weighted by Crippen LogP contribution is -2.45. The van der Waals surface area contributed by atoms with Gasteiger partial charge in [0, 0.05) is 37.1 Å². The Morgan fingerprint density at radius 2 is 1.93 bits per heavy atom. The zero-order valence-electron chi connectivity index (χ0n) is 16.1. The largest absolute Gasteiger partial charge is 0.390 e. The molecule has 0 atom stereocenters. The monoisotopic (exact) mass is 368 g/mol. The SMILES string of the molecule is CC(C)(O)CCc1ccc(C(=O)NC2CCN(c3cnccn3)CC2)cc1. The molecule has 27 heavy (non-hydrogen) atoms. The molecule has 1 amide bonds. The van der Waals surface area contributed by atoms with E-state index in [1.165, 1.54) is 0 Å². The first kappa shape index (κ1) is 19.3. The smallest absolute Gasteiger partial charge is 0.251 e. The van der Waals surface area contributed by atoms with Crippen LogP contribution in [0.3, 0.4) is 0 Å². The molecule has 6 heteroatoms. The molecule has 144 valence electrons. The summed E-state index contributed by atoms with van der Waals surface area (Å²) < 4.78 is 0. The van der Waals surface area contributed by atoms with Gasteiger partial charge in [0.1, 0.15) is 5.82 Å². The average Bonchev–Trinajstić information content (AvgIpc) is 2.67. The molecule has 0 aliphatic carbocycles. The van der Waals surface area contributed by atoms with Gasteiger partial charge in [0.15, 0.2) is 0 Å². The highest BCUT2D eigenvalue weighted by Gasteiger charge is 2.22. The van der Waals surface area contributed by atoms with Crippen molar-refractivity contribution in [2.45, 2.75) is 51.2 Å². The molecule has 1 saturated heterocycles. The molecule has 1 aromatic carbocycles. The number of aliphatic hydroxyl groups is 1. The molecule has 6 nitrogen and oxygen atoms in total. The fraction of sp³-hybridized carbons (Fsp3) is 0.476. The quantitative estimate of drug-likeness (QED) is 0.819. The summed E-state index contributed by atoms with van der Waals surface area (Å²) in [6.07, 6.45) is 8.44. The van der Waals surface area contributed by atoms with E-state index in [1.54, 1.807) is 18.6 Å². The van der Waals surface area contributed by atoms with E-state index in [1.807, 2.05) is 38.1 Å². The van der Waals surface area contributed by atoms with E-state index in [0.717, 1.165) is 43.7 Å². The van der Waals surface area contributed by atoms with Gasteiger partial charge in [-0.1, -0.05) is 12.1 Å². The van der Waals surface area contributed by atoms with Crippen LogP contribution >= 0.6 is 0 Å². The van der Waals surface area contributed by atoms with Crippen LogP contribution in [0, 0.1) is 0 Å². The summed E-state index contributed by atoms with van der Waals surface area (Å²) in [5.74, 6) is 0.867. The predicted molar refractivity (Wildman–Crippen MR) is 106 cm³/mol. The summed E-state index contributed by atoms with van der Waals surface area (Å²) in [4.78, 5) is 23.2. The summed E-state index contributed by atoms with van der Waals surface area (Å²) >= 11 is 0. The number of aromatic nitrogens is 2. The summed E-state index contributed by atoms with van der Waals surface area (Å²) in [6.45, 7) is 5.34. The van der Waals surface area contributed by atoms with Gasteiger partial charge in [-0.25, -0.2) is 4.98 Å². The first-order valence-corrected chi connectivity index (χ1v) is 9.54. The molecule has 2 N–H and O–H groups in total. The Labute approximate surface area is 160 Å².